The third kappa shape index (κ3) is 5.52. The highest BCUT2D eigenvalue weighted by atomic mass is 79.9. The van der Waals surface area contributed by atoms with E-state index in [4.69, 9.17) is 4.74 Å². The molecule has 8 nitrogen and oxygen atoms in total. The fourth-order valence-corrected chi connectivity index (χ4v) is 4.47. The molecule has 0 bridgehead atoms. The van der Waals surface area contributed by atoms with Gasteiger partial charge in [0.25, 0.3) is 5.69 Å². The van der Waals surface area contributed by atoms with Crippen LogP contribution in [-0.2, 0) is 6.61 Å². The van der Waals surface area contributed by atoms with E-state index in [1.54, 1.807) is 6.07 Å². The minimum atomic E-state index is -0.520. The molecule has 0 aliphatic heterocycles. The van der Waals surface area contributed by atoms with Gasteiger partial charge in [0.15, 0.2) is 16.8 Å². The number of aromatic nitrogens is 3. The zero-order valence-electron chi connectivity index (χ0n) is 18.1. The maximum atomic E-state index is 12.7. The Bertz CT molecular complexity index is 1340. The van der Waals surface area contributed by atoms with Crippen LogP contribution in [0.2, 0.25) is 0 Å². The van der Waals surface area contributed by atoms with Crippen LogP contribution in [0.3, 0.4) is 0 Å². The molecule has 1 aromatic heterocycles. The average molecular weight is 539 g/mol. The number of rotatable bonds is 9. The summed E-state index contributed by atoms with van der Waals surface area (Å²) in [5, 5.41) is 20.1. The van der Waals surface area contributed by atoms with Gasteiger partial charge in [-0.15, -0.1) is 10.2 Å². The van der Waals surface area contributed by atoms with E-state index in [-0.39, 0.29) is 29.4 Å². The summed E-state index contributed by atoms with van der Waals surface area (Å²) < 4.78 is 8.58. The highest BCUT2D eigenvalue weighted by molar-refractivity contribution is 9.10. The average Bonchev–Trinajstić information content (AvgIpc) is 3.25. The number of carbonyl (C=O) groups excluding carboxylic acids is 1. The van der Waals surface area contributed by atoms with Crippen molar-refractivity contribution in [2.75, 3.05) is 5.75 Å². The Balaban J connectivity index is 1.57. The van der Waals surface area contributed by atoms with Gasteiger partial charge < -0.3 is 4.74 Å². The number of benzene rings is 3. The topological polar surface area (TPSA) is 100 Å². The largest absolute Gasteiger partial charge is 0.486 e. The number of ketones is 1. The SMILES string of the molecule is Cc1ccc(OCc2nnc(SCC(=O)c3cccc([N+](=O)[O-])c3)n2-c2ccccc2Br)cc1. The first-order valence-corrected chi connectivity index (χ1v) is 12.0. The van der Waals surface area contributed by atoms with Gasteiger partial charge in [0.1, 0.15) is 12.4 Å². The predicted molar refractivity (Wildman–Crippen MR) is 133 cm³/mol. The molecule has 0 aliphatic carbocycles. The van der Waals surface area contributed by atoms with Crippen molar-refractivity contribution in [1.29, 1.82) is 0 Å². The predicted octanol–water partition coefficient (Wildman–Crippen LogP) is 5.80. The molecule has 10 heteroatoms. The zero-order chi connectivity index (χ0) is 24.1. The molecule has 0 saturated heterocycles. The fraction of sp³-hybridized carbons (Fsp3) is 0.125. The molecular weight excluding hydrogens is 520 g/mol. The first-order valence-electron chi connectivity index (χ1n) is 10.2. The Labute approximate surface area is 208 Å². The summed E-state index contributed by atoms with van der Waals surface area (Å²) in [6.07, 6.45) is 0. The van der Waals surface area contributed by atoms with Crippen LogP contribution in [0.1, 0.15) is 21.7 Å². The molecule has 0 spiro atoms. The summed E-state index contributed by atoms with van der Waals surface area (Å²) in [7, 11) is 0. The summed E-state index contributed by atoms with van der Waals surface area (Å²) >= 11 is 4.78. The normalized spacial score (nSPS) is 10.8. The van der Waals surface area contributed by atoms with Gasteiger partial charge in [-0.2, -0.15) is 0 Å². The van der Waals surface area contributed by atoms with E-state index in [2.05, 4.69) is 26.1 Å². The second-order valence-electron chi connectivity index (χ2n) is 7.31. The van der Waals surface area contributed by atoms with E-state index >= 15 is 0 Å². The van der Waals surface area contributed by atoms with E-state index in [9.17, 15) is 14.9 Å². The van der Waals surface area contributed by atoms with Gasteiger partial charge in [-0.05, 0) is 47.1 Å². The summed E-state index contributed by atoms with van der Waals surface area (Å²) in [5.41, 5.74) is 2.09. The van der Waals surface area contributed by atoms with Gasteiger partial charge in [-0.1, -0.05) is 53.7 Å². The summed E-state index contributed by atoms with van der Waals surface area (Å²) in [6.45, 7) is 2.18. The van der Waals surface area contributed by atoms with Crippen LogP contribution in [0.15, 0.2) is 82.4 Å². The first-order chi connectivity index (χ1) is 16.4. The molecule has 0 radical (unpaired) electrons. The standard InChI is InChI=1S/C24H19BrN4O4S/c1-16-9-11-19(12-10-16)33-14-23-26-27-24(28(23)21-8-3-2-7-20(21)25)34-15-22(30)17-5-4-6-18(13-17)29(31)32/h2-13H,14-15H2,1H3. The number of hydrogen-bond acceptors (Lipinski definition) is 7. The van der Waals surface area contributed by atoms with Crippen molar-refractivity contribution in [3.63, 3.8) is 0 Å². The molecule has 0 atom stereocenters. The number of halogens is 1. The van der Waals surface area contributed by atoms with Crippen molar-refractivity contribution >= 4 is 39.2 Å². The third-order valence-corrected chi connectivity index (χ3v) is 6.49. The van der Waals surface area contributed by atoms with E-state index in [1.165, 1.54) is 30.0 Å². The number of aryl methyl sites for hydroxylation is 1. The van der Waals surface area contributed by atoms with E-state index < -0.39 is 4.92 Å². The lowest BCUT2D eigenvalue weighted by molar-refractivity contribution is -0.384. The highest BCUT2D eigenvalue weighted by Gasteiger charge is 2.19. The molecule has 0 unspecified atom stereocenters. The van der Waals surface area contributed by atoms with Crippen LogP contribution in [-0.4, -0.2) is 31.2 Å². The van der Waals surface area contributed by atoms with E-state index in [1.807, 2.05) is 60.0 Å². The van der Waals surface area contributed by atoms with Crippen molar-refractivity contribution in [2.24, 2.45) is 0 Å². The lowest BCUT2D eigenvalue weighted by atomic mass is 10.1. The van der Waals surface area contributed by atoms with Crippen LogP contribution in [0.25, 0.3) is 5.69 Å². The molecule has 3 aromatic carbocycles. The van der Waals surface area contributed by atoms with Gasteiger partial charge in [0, 0.05) is 22.2 Å². The van der Waals surface area contributed by atoms with Crippen LogP contribution in [0, 0.1) is 17.0 Å². The summed E-state index contributed by atoms with van der Waals surface area (Å²) in [5.74, 6) is 1.08. The summed E-state index contributed by atoms with van der Waals surface area (Å²) in [4.78, 5) is 23.2. The van der Waals surface area contributed by atoms with Gasteiger partial charge in [0.2, 0.25) is 0 Å². The lowest BCUT2D eigenvalue weighted by Crippen LogP contribution is -2.08. The van der Waals surface area contributed by atoms with Crippen molar-refractivity contribution in [1.82, 2.24) is 14.8 Å². The van der Waals surface area contributed by atoms with E-state index in [0.29, 0.717) is 16.7 Å². The van der Waals surface area contributed by atoms with Crippen LogP contribution in [0.4, 0.5) is 5.69 Å². The quantitative estimate of drug-likeness (QED) is 0.115. The second-order valence-corrected chi connectivity index (χ2v) is 9.10. The Morgan fingerprint density at radius 1 is 1.09 bits per heavy atom. The molecular formula is C24H19BrN4O4S. The lowest BCUT2D eigenvalue weighted by Gasteiger charge is -2.12. The maximum absolute atomic E-state index is 12.7. The molecule has 0 saturated carbocycles. The first kappa shape index (κ1) is 23.7. The molecule has 172 valence electrons. The molecule has 0 aliphatic rings. The van der Waals surface area contributed by atoms with Gasteiger partial charge in [-0.3, -0.25) is 19.5 Å². The number of nitrogens with zero attached hydrogens (tertiary/aromatic N) is 4. The third-order valence-electron chi connectivity index (χ3n) is 4.89. The second kappa shape index (κ2) is 10.6. The minimum absolute atomic E-state index is 0.0442. The number of nitro benzene ring substituents is 1. The smallest absolute Gasteiger partial charge is 0.270 e. The fourth-order valence-electron chi connectivity index (χ4n) is 3.15. The van der Waals surface area contributed by atoms with Crippen molar-refractivity contribution in [3.8, 4) is 11.4 Å². The van der Waals surface area contributed by atoms with Gasteiger partial charge in [-0.25, -0.2) is 0 Å². The highest BCUT2D eigenvalue weighted by Crippen LogP contribution is 2.28. The Morgan fingerprint density at radius 2 is 1.85 bits per heavy atom. The molecule has 0 N–H and O–H groups in total. The van der Waals surface area contributed by atoms with Crippen LogP contribution >= 0.6 is 27.7 Å². The van der Waals surface area contributed by atoms with Gasteiger partial charge >= 0.3 is 0 Å². The number of carbonyl (C=O) groups is 1. The Hall–Kier alpha value is -3.50. The number of non-ortho nitro benzene ring substituents is 1. The summed E-state index contributed by atoms with van der Waals surface area (Å²) in [6, 6.07) is 21.0. The molecule has 1 heterocycles. The molecule has 4 aromatic rings. The Kier molecular flexibility index (Phi) is 7.39. The molecule has 34 heavy (non-hydrogen) atoms. The van der Waals surface area contributed by atoms with Crippen molar-refractivity contribution in [2.45, 2.75) is 18.7 Å². The number of hydrogen-bond donors (Lipinski definition) is 0. The number of ether oxygens (including phenoxy) is 1. The number of nitro groups is 1. The number of thioether (sulfide) groups is 1. The van der Waals surface area contributed by atoms with Gasteiger partial charge in [0.05, 0.1) is 16.4 Å². The zero-order valence-corrected chi connectivity index (χ0v) is 20.5. The number of para-hydroxylation sites is 1. The molecule has 4 rings (SSSR count). The molecule has 0 fully saturated rings. The number of Topliss-reactive ketones (excluding diaryl/α,β-unsaturated/α-hetero) is 1. The maximum Gasteiger partial charge on any atom is 0.270 e. The Morgan fingerprint density at radius 3 is 2.59 bits per heavy atom. The van der Waals surface area contributed by atoms with Crippen LogP contribution in [0.5, 0.6) is 5.75 Å². The van der Waals surface area contributed by atoms with Crippen molar-refractivity contribution in [3.05, 3.63) is 104 Å². The van der Waals surface area contributed by atoms with Crippen molar-refractivity contribution < 1.29 is 14.5 Å². The molecule has 0 amide bonds. The monoisotopic (exact) mass is 538 g/mol. The minimum Gasteiger partial charge on any atom is -0.486 e. The van der Waals surface area contributed by atoms with Crippen LogP contribution < -0.4 is 4.74 Å². The van der Waals surface area contributed by atoms with E-state index in [0.717, 1.165) is 15.7 Å².